The highest BCUT2D eigenvalue weighted by atomic mass is 16.3. The van der Waals surface area contributed by atoms with E-state index in [0.717, 1.165) is 49.8 Å². The Kier molecular flexibility index (Phi) is 3.66. The van der Waals surface area contributed by atoms with Crippen molar-refractivity contribution in [2.75, 3.05) is 0 Å². The second-order valence-corrected chi connectivity index (χ2v) is 7.85. The molecule has 0 radical (unpaired) electrons. The first-order chi connectivity index (χ1) is 17.0. The van der Waals surface area contributed by atoms with Crippen LogP contribution in [0.3, 0.4) is 0 Å². The number of fused-ring (bicyclic) bond motifs is 3. The van der Waals surface area contributed by atoms with Crippen molar-refractivity contribution in [2.24, 2.45) is 0 Å². The van der Waals surface area contributed by atoms with Gasteiger partial charge in [-0.15, -0.1) is 0 Å². The normalized spacial score (nSPS) is 13.1. The second-order valence-electron chi connectivity index (χ2n) is 7.85. The minimum atomic E-state index is -2.19. The Balaban J connectivity index is 1.62. The molecule has 32 heavy (non-hydrogen) atoms. The molecule has 0 saturated heterocycles. The number of pyridine rings is 1. The smallest absolute Gasteiger partial charge is 0.144 e. The van der Waals surface area contributed by atoms with E-state index in [1.54, 1.807) is 12.1 Å². The van der Waals surface area contributed by atoms with Crippen LogP contribution in [0.25, 0.3) is 55.4 Å². The van der Waals surface area contributed by atoms with Crippen LogP contribution in [0.15, 0.2) is 114 Å². The molecule has 0 fully saturated rings. The van der Waals surface area contributed by atoms with Gasteiger partial charge in [-0.05, 0) is 58.9 Å². The third kappa shape index (κ3) is 3.09. The Hall–Kier alpha value is -4.17. The van der Waals surface area contributed by atoms with E-state index in [0.29, 0.717) is 5.69 Å². The van der Waals surface area contributed by atoms with Crippen molar-refractivity contribution in [3.8, 4) is 33.5 Å². The fourth-order valence-corrected chi connectivity index (χ4v) is 4.33. The molecule has 6 rings (SSSR count). The highest BCUT2D eigenvalue weighted by Crippen LogP contribution is 2.42. The van der Waals surface area contributed by atoms with Crippen molar-refractivity contribution in [1.29, 1.82) is 0 Å². The summed E-state index contributed by atoms with van der Waals surface area (Å²) in [5, 5.41) is 2.05. The van der Waals surface area contributed by atoms with Crippen molar-refractivity contribution in [1.82, 2.24) is 4.98 Å². The molecule has 0 atom stereocenters. The molecule has 0 aliphatic carbocycles. The van der Waals surface area contributed by atoms with Gasteiger partial charge in [-0.3, -0.25) is 4.98 Å². The zero-order valence-electron chi connectivity index (χ0n) is 20.2. The van der Waals surface area contributed by atoms with Crippen LogP contribution in [0.5, 0.6) is 0 Å². The number of hydrogen-bond donors (Lipinski definition) is 0. The van der Waals surface area contributed by atoms with Crippen LogP contribution in [0.4, 0.5) is 0 Å². The van der Waals surface area contributed by atoms with Gasteiger partial charge in [-0.1, -0.05) is 78.9 Å². The van der Waals surface area contributed by atoms with E-state index in [1.807, 2.05) is 48.5 Å². The van der Waals surface area contributed by atoms with Gasteiger partial charge in [0.05, 0.1) is 5.69 Å². The lowest BCUT2D eigenvalue weighted by Crippen LogP contribution is -1.85. The molecule has 0 aliphatic heterocycles. The molecule has 2 aromatic heterocycles. The molecule has 2 nitrogen and oxygen atoms in total. The molecule has 152 valence electrons. The van der Waals surface area contributed by atoms with Gasteiger partial charge in [0.2, 0.25) is 0 Å². The van der Waals surface area contributed by atoms with Gasteiger partial charge >= 0.3 is 0 Å². The van der Waals surface area contributed by atoms with Crippen LogP contribution in [-0.4, -0.2) is 4.98 Å². The molecular weight excluding hydrogens is 390 g/mol. The summed E-state index contributed by atoms with van der Waals surface area (Å²) in [6.45, 7) is -2.19. The lowest BCUT2D eigenvalue weighted by atomic mass is 9.94. The average molecular weight is 415 g/mol. The van der Waals surface area contributed by atoms with Gasteiger partial charge in [0.15, 0.2) is 0 Å². The Morgan fingerprint density at radius 3 is 2.19 bits per heavy atom. The highest BCUT2D eigenvalue weighted by Gasteiger charge is 2.18. The van der Waals surface area contributed by atoms with Crippen LogP contribution >= 0.6 is 0 Å². The Bertz CT molecular complexity index is 1650. The maximum Gasteiger partial charge on any atom is 0.144 e. The first kappa shape index (κ1) is 15.6. The Labute approximate surface area is 191 Å². The predicted octanol–water partition coefficient (Wildman–Crippen LogP) is 8.29. The number of rotatable bonds is 3. The van der Waals surface area contributed by atoms with E-state index in [2.05, 4.69) is 47.4 Å². The summed E-state index contributed by atoms with van der Waals surface area (Å²) in [5.74, 6) is 0. The SMILES string of the molecule is [2H]C([2H])([2H])c1ccc(-c2cccc3c2oc2cc(-c4ccccc4)cc(-c4ccccc4)c23)nc1. The third-order valence-electron chi connectivity index (χ3n) is 5.83. The van der Waals surface area contributed by atoms with E-state index < -0.39 is 6.85 Å². The van der Waals surface area contributed by atoms with Gasteiger partial charge in [0, 0.05) is 26.6 Å². The minimum absolute atomic E-state index is 0.219. The number of aromatic nitrogens is 1. The van der Waals surface area contributed by atoms with E-state index >= 15 is 0 Å². The van der Waals surface area contributed by atoms with E-state index in [1.165, 1.54) is 6.20 Å². The van der Waals surface area contributed by atoms with Crippen LogP contribution in [0, 0.1) is 6.85 Å². The van der Waals surface area contributed by atoms with Crippen molar-refractivity contribution in [2.45, 2.75) is 6.85 Å². The molecule has 0 unspecified atom stereocenters. The Morgan fingerprint density at radius 1 is 0.688 bits per heavy atom. The lowest BCUT2D eigenvalue weighted by Gasteiger charge is -2.08. The van der Waals surface area contributed by atoms with E-state index in [9.17, 15) is 0 Å². The standard InChI is InChI=1S/C30H21NO/c1-20-15-16-27(31-19-20)24-13-8-14-25-29-26(22-11-6-3-7-12-22)17-23(18-28(29)32-30(24)25)21-9-4-2-5-10-21/h2-19H,1H3/i1D3. The average Bonchev–Trinajstić information content (AvgIpc) is 3.27. The van der Waals surface area contributed by atoms with Crippen LogP contribution in [0.2, 0.25) is 0 Å². The van der Waals surface area contributed by atoms with Gasteiger partial charge < -0.3 is 4.42 Å². The molecule has 0 aliphatic rings. The monoisotopic (exact) mass is 414 g/mol. The number of benzene rings is 4. The van der Waals surface area contributed by atoms with Crippen LogP contribution in [0.1, 0.15) is 9.68 Å². The Morgan fingerprint density at radius 2 is 1.47 bits per heavy atom. The van der Waals surface area contributed by atoms with Gasteiger partial charge in [-0.25, -0.2) is 0 Å². The first-order valence-electron chi connectivity index (χ1n) is 12.1. The summed E-state index contributed by atoms with van der Waals surface area (Å²) >= 11 is 0. The molecule has 0 amide bonds. The summed E-state index contributed by atoms with van der Waals surface area (Å²) in [4.78, 5) is 4.46. The number of furan rings is 1. The lowest BCUT2D eigenvalue weighted by molar-refractivity contribution is 0.670. The highest BCUT2D eigenvalue weighted by molar-refractivity contribution is 6.16. The molecule has 2 heterocycles. The van der Waals surface area contributed by atoms with E-state index in [-0.39, 0.29) is 5.56 Å². The molecule has 0 spiro atoms. The maximum atomic E-state index is 7.62. The zero-order chi connectivity index (χ0) is 24.0. The fraction of sp³-hybridized carbons (Fsp3) is 0.0333. The van der Waals surface area contributed by atoms with Crippen molar-refractivity contribution in [3.05, 3.63) is 115 Å². The molecule has 6 aromatic rings. The summed E-state index contributed by atoms with van der Waals surface area (Å²) < 4.78 is 29.4. The summed E-state index contributed by atoms with van der Waals surface area (Å²) in [7, 11) is 0. The molecule has 0 N–H and O–H groups in total. The predicted molar refractivity (Wildman–Crippen MR) is 133 cm³/mol. The molecule has 4 aromatic carbocycles. The van der Waals surface area contributed by atoms with Crippen LogP contribution in [-0.2, 0) is 0 Å². The second kappa shape index (κ2) is 7.51. The molecular formula is C30H21NO. The summed E-state index contributed by atoms with van der Waals surface area (Å²) in [6, 6.07) is 34.3. The number of hydrogen-bond acceptors (Lipinski definition) is 2. The first-order valence-corrected chi connectivity index (χ1v) is 10.6. The van der Waals surface area contributed by atoms with Crippen LogP contribution < -0.4 is 0 Å². The summed E-state index contributed by atoms with van der Waals surface area (Å²) in [5.41, 5.74) is 7.67. The number of para-hydroxylation sites is 1. The quantitative estimate of drug-likeness (QED) is 0.291. The van der Waals surface area contributed by atoms with Crippen molar-refractivity contribution in [3.63, 3.8) is 0 Å². The topological polar surface area (TPSA) is 26.0 Å². The van der Waals surface area contributed by atoms with Crippen molar-refractivity contribution >= 4 is 21.9 Å². The number of aryl methyl sites for hydroxylation is 1. The van der Waals surface area contributed by atoms with Crippen molar-refractivity contribution < 1.29 is 8.53 Å². The van der Waals surface area contributed by atoms with Gasteiger partial charge in [-0.2, -0.15) is 0 Å². The van der Waals surface area contributed by atoms with Gasteiger partial charge in [0.25, 0.3) is 0 Å². The molecule has 0 saturated carbocycles. The summed E-state index contributed by atoms with van der Waals surface area (Å²) in [6.07, 6.45) is 1.42. The zero-order valence-corrected chi connectivity index (χ0v) is 17.2. The fourth-order valence-electron chi connectivity index (χ4n) is 4.33. The largest absolute Gasteiger partial charge is 0.455 e. The van der Waals surface area contributed by atoms with E-state index in [4.69, 9.17) is 8.53 Å². The molecule has 2 heteroatoms. The minimum Gasteiger partial charge on any atom is -0.455 e. The third-order valence-corrected chi connectivity index (χ3v) is 5.83. The van der Waals surface area contributed by atoms with Gasteiger partial charge in [0.1, 0.15) is 11.2 Å². The number of nitrogens with zero attached hydrogens (tertiary/aromatic N) is 1. The molecule has 0 bridgehead atoms. The maximum absolute atomic E-state index is 7.62.